The molecule has 2 aromatic carbocycles. The van der Waals surface area contributed by atoms with Gasteiger partial charge in [0.25, 0.3) is 5.91 Å². The van der Waals surface area contributed by atoms with E-state index < -0.39 is 0 Å². The Morgan fingerprint density at radius 3 is 2.41 bits per heavy atom. The number of anilines is 1. The minimum absolute atomic E-state index is 0.0796. The van der Waals surface area contributed by atoms with Crippen LogP contribution in [0.25, 0.3) is 0 Å². The molecule has 2 amide bonds. The van der Waals surface area contributed by atoms with Gasteiger partial charge in [-0.2, -0.15) is 0 Å². The number of nitrogens with zero attached hydrogens (tertiary/aromatic N) is 1. The van der Waals surface area contributed by atoms with Gasteiger partial charge in [0, 0.05) is 19.5 Å². The topological polar surface area (TPSA) is 58.6 Å². The number of hydrogen-bond acceptors (Lipinski definition) is 3. The summed E-state index contributed by atoms with van der Waals surface area (Å²) < 4.78 is 5.63. The van der Waals surface area contributed by atoms with Crippen molar-refractivity contribution in [2.45, 2.75) is 39.3 Å². The molecule has 0 aromatic heterocycles. The molecular formula is C22H26N2O3. The monoisotopic (exact) mass is 366 g/mol. The minimum Gasteiger partial charge on any atom is -0.491 e. The van der Waals surface area contributed by atoms with Gasteiger partial charge in [0.1, 0.15) is 5.75 Å². The van der Waals surface area contributed by atoms with Crippen LogP contribution in [0.3, 0.4) is 0 Å². The first-order valence-corrected chi connectivity index (χ1v) is 9.36. The van der Waals surface area contributed by atoms with E-state index in [9.17, 15) is 9.59 Å². The Morgan fingerprint density at radius 1 is 1.11 bits per heavy atom. The van der Waals surface area contributed by atoms with Crippen molar-refractivity contribution in [3.05, 3.63) is 59.7 Å². The Bertz CT molecular complexity index is 811. The first-order valence-electron chi connectivity index (χ1n) is 9.36. The minimum atomic E-state index is -0.191. The molecule has 142 valence electrons. The maximum atomic E-state index is 12.7. The van der Waals surface area contributed by atoms with Gasteiger partial charge >= 0.3 is 0 Å². The van der Waals surface area contributed by atoms with Crippen LogP contribution in [0, 0.1) is 5.92 Å². The van der Waals surface area contributed by atoms with E-state index in [1.165, 1.54) is 0 Å². The number of amides is 2. The predicted octanol–water partition coefficient (Wildman–Crippen LogP) is 3.78. The Morgan fingerprint density at radius 2 is 1.78 bits per heavy atom. The Hall–Kier alpha value is -2.82. The van der Waals surface area contributed by atoms with Crippen molar-refractivity contribution in [3.8, 4) is 5.75 Å². The Balaban J connectivity index is 1.65. The first-order chi connectivity index (χ1) is 13.0. The SMILES string of the molecule is CC(C)Oc1ccc(CNC(=O)c2ccccc2N(C)C(=O)C2CC2)cc1. The van der Waals surface area contributed by atoms with Gasteiger partial charge in [-0.3, -0.25) is 9.59 Å². The summed E-state index contributed by atoms with van der Waals surface area (Å²) in [4.78, 5) is 26.6. The van der Waals surface area contributed by atoms with Crippen molar-refractivity contribution in [2.75, 3.05) is 11.9 Å². The largest absolute Gasteiger partial charge is 0.491 e. The van der Waals surface area contributed by atoms with E-state index in [0.717, 1.165) is 24.2 Å². The van der Waals surface area contributed by atoms with Crippen LogP contribution in [0.4, 0.5) is 5.69 Å². The molecule has 1 aliphatic carbocycles. The lowest BCUT2D eigenvalue weighted by Gasteiger charge is -2.20. The number of ether oxygens (including phenoxy) is 1. The third kappa shape index (κ3) is 4.88. The summed E-state index contributed by atoms with van der Waals surface area (Å²) in [6, 6.07) is 14.9. The third-order valence-corrected chi connectivity index (χ3v) is 4.52. The van der Waals surface area contributed by atoms with Gasteiger partial charge in [-0.1, -0.05) is 24.3 Å². The van der Waals surface area contributed by atoms with Crippen molar-refractivity contribution in [2.24, 2.45) is 5.92 Å². The molecule has 1 saturated carbocycles. The summed E-state index contributed by atoms with van der Waals surface area (Å²) >= 11 is 0. The maximum Gasteiger partial charge on any atom is 0.253 e. The molecule has 0 heterocycles. The molecule has 0 saturated heterocycles. The highest BCUT2D eigenvalue weighted by atomic mass is 16.5. The number of para-hydroxylation sites is 1. The summed E-state index contributed by atoms with van der Waals surface area (Å²) in [5, 5.41) is 2.94. The number of rotatable bonds is 7. The molecule has 5 nitrogen and oxygen atoms in total. The third-order valence-electron chi connectivity index (χ3n) is 4.52. The van der Waals surface area contributed by atoms with E-state index in [-0.39, 0.29) is 23.8 Å². The molecule has 0 aliphatic heterocycles. The van der Waals surface area contributed by atoms with Gasteiger partial charge in [0.2, 0.25) is 5.91 Å². The van der Waals surface area contributed by atoms with Crippen LogP contribution in [-0.4, -0.2) is 25.0 Å². The molecule has 0 spiro atoms. The second-order valence-corrected chi connectivity index (χ2v) is 7.18. The van der Waals surface area contributed by atoms with Gasteiger partial charge in [-0.25, -0.2) is 0 Å². The molecule has 0 radical (unpaired) electrons. The lowest BCUT2D eigenvalue weighted by Crippen LogP contribution is -2.31. The zero-order chi connectivity index (χ0) is 19.4. The van der Waals surface area contributed by atoms with E-state index in [2.05, 4.69) is 5.32 Å². The van der Waals surface area contributed by atoms with E-state index in [4.69, 9.17) is 4.74 Å². The second kappa shape index (κ2) is 8.25. The molecule has 3 rings (SSSR count). The summed E-state index contributed by atoms with van der Waals surface area (Å²) in [6.45, 7) is 4.38. The van der Waals surface area contributed by atoms with Crippen molar-refractivity contribution in [1.82, 2.24) is 5.32 Å². The number of carbonyl (C=O) groups excluding carboxylic acids is 2. The first kappa shape index (κ1) is 19.0. The fraction of sp³-hybridized carbons (Fsp3) is 0.364. The highest BCUT2D eigenvalue weighted by Gasteiger charge is 2.33. The van der Waals surface area contributed by atoms with Crippen molar-refractivity contribution < 1.29 is 14.3 Å². The van der Waals surface area contributed by atoms with E-state index >= 15 is 0 Å². The summed E-state index contributed by atoms with van der Waals surface area (Å²) in [5.74, 6) is 0.808. The summed E-state index contributed by atoms with van der Waals surface area (Å²) in [7, 11) is 1.74. The van der Waals surface area contributed by atoms with E-state index in [1.54, 1.807) is 18.0 Å². The Kier molecular flexibility index (Phi) is 5.79. The van der Waals surface area contributed by atoms with Crippen molar-refractivity contribution in [1.29, 1.82) is 0 Å². The average molecular weight is 366 g/mol. The lowest BCUT2D eigenvalue weighted by molar-refractivity contribution is -0.119. The number of benzene rings is 2. The summed E-state index contributed by atoms with van der Waals surface area (Å²) in [6.07, 6.45) is 2.00. The molecule has 0 unspecified atom stereocenters. The molecule has 0 bridgehead atoms. The molecular weight excluding hydrogens is 340 g/mol. The van der Waals surface area contributed by atoms with Crippen molar-refractivity contribution in [3.63, 3.8) is 0 Å². The maximum absolute atomic E-state index is 12.7. The number of carbonyl (C=O) groups is 2. The zero-order valence-electron chi connectivity index (χ0n) is 16.1. The average Bonchev–Trinajstić information content (AvgIpc) is 3.51. The van der Waals surface area contributed by atoms with Crippen LogP contribution in [0.2, 0.25) is 0 Å². The van der Waals surface area contributed by atoms with Gasteiger partial charge in [-0.05, 0) is 56.5 Å². The van der Waals surface area contributed by atoms with Crippen LogP contribution in [-0.2, 0) is 11.3 Å². The van der Waals surface area contributed by atoms with Crippen LogP contribution in [0.1, 0.15) is 42.6 Å². The van der Waals surface area contributed by atoms with E-state index in [1.807, 2.05) is 56.3 Å². The predicted molar refractivity (Wildman–Crippen MR) is 106 cm³/mol. The number of hydrogen-bond donors (Lipinski definition) is 1. The smallest absolute Gasteiger partial charge is 0.253 e. The number of nitrogens with one attached hydrogen (secondary N) is 1. The summed E-state index contributed by atoms with van der Waals surface area (Å²) in [5.41, 5.74) is 2.14. The molecule has 2 aromatic rings. The lowest BCUT2D eigenvalue weighted by atomic mass is 10.1. The van der Waals surface area contributed by atoms with Crippen LogP contribution >= 0.6 is 0 Å². The second-order valence-electron chi connectivity index (χ2n) is 7.18. The normalized spacial score (nSPS) is 13.3. The van der Waals surface area contributed by atoms with Crippen LogP contribution in [0.15, 0.2) is 48.5 Å². The van der Waals surface area contributed by atoms with Crippen LogP contribution in [0.5, 0.6) is 5.75 Å². The standard InChI is InChI=1S/C22H26N2O3/c1-15(2)27-18-12-8-16(9-13-18)14-23-21(25)19-6-4-5-7-20(19)24(3)22(26)17-10-11-17/h4-9,12-13,15,17H,10-11,14H2,1-3H3,(H,23,25). The van der Waals surface area contributed by atoms with Gasteiger partial charge in [-0.15, -0.1) is 0 Å². The van der Waals surface area contributed by atoms with Crippen molar-refractivity contribution >= 4 is 17.5 Å². The zero-order valence-corrected chi connectivity index (χ0v) is 16.1. The molecule has 1 fully saturated rings. The Labute approximate surface area is 160 Å². The molecule has 0 atom stereocenters. The van der Waals surface area contributed by atoms with Crippen LogP contribution < -0.4 is 15.0 Å². The van der Waals surface area contributed by atoms with Gasteiger partial charge in [0.15, 0.2) is 0 Å². The van der Waals surface area contributed by atoms with Gasteiger partial charge in [0.05, 0.1) is 17.4 Å². The molecule has 1 N–H and O–H groups in total. The quantitative estimate of drug-likeness (QED) is 0.811. The molecule has 1 aliphatic rings. The fourth-order valence-corrected chi connectivity index (χ4v) is 2.92. The van der Waals surface area contributed by atoms with E-state index in [0.29, 0.717) is 17.8 Å². The highest BCUT2D eigenvalue weighted by Crippen LogP contribution is 2.33. The molecule has 5 heteroatoms. The highest BCUT2D eigenvalue weighted by molar-refractivity contribution is 6.05. The van der Waals surface area contributed by atoms with Gasteiger partial charge < -0.3 is 15.0 Å². The fourth-order valence-electron chi connectivity index (χ4n) is 2.92. The molecule has 27 heavy (non-hydrogen) atoms.